The van der Waals surface area contributed by atoms with E-state index in [0.717, 1.165) is 0 Å². The molecule has 0 saturated heterocycles. The molecule has 1 aromatic carbocycles. The minimum atomic E-state index is -3.55. The van der Waals surface area contributed by atoms with E-state index in [-0.39, 0.29) is 34.5 Å². The second-order valence-corrected chi connectivity index (χ2v) is 8.32. The lowest BCUT2D eigenvalue weighted by atomic mass is 10.4. The van der Waals surface area contributed by atoms with E-state index >= 15 is 0 Å². The molecule has 20 heavy (non-hydrogen) atoms. The summed E-state index contributed by atoms with van der Waals surface area (Å²) in [5.41, 5.74) is 0. The van der Waals surface area contributed by atoms with Crippen molar-refractivity contribution >= 4 is 19.7 Å². The van der Waals surface area contributed by atoms with E-state index in [0.29, 0.717) is 0 Å². The molecule has 0 aliphatic rings. The first-order valence-corrected chi connectivity index (χ1v) is 9.17. The smallest absolute Gasteiger partial charge is 0.180 e. The van der Waals surface area contributed by atoms with E-state index in [1.165, 1.54) is 38.5 Å². The van der Waals surface area contributed by atoms with Gasteiger partial charge in [0.05, 0.1) is 34.5 Å². The zero-order valence-corrected chi connectivity index (χ0v) is 13.0. The highest BCUT2D eigenvalue weighted by atomic mass is 32.2. The summed E-state index contributed by atoms with van der Waals surface area (Å²) in [7, 11) is -4.28. The Hall–Kier alpha value is -0.960. The van der Waals surface area contributed by atoms with Crippen molar-refractivity contribution in [3.8, 4) is 0 Å². The predicted octanol–water partition coefficient (Wildman–Crippen LogP) is 0.527. The number of benzene rings is 1. The quantitative estimate of drug-likeness (QED) is 0.694. The summed E-state index contributed by atoms with van der Waals surface area (Å²) in [4.78, 5) is -0.0407. The third-order valence-electron chi connectivity index (χ3n) is 2.64. The van der Waals surface area contributed by atoms with Gasteiger partial charge in [0, 0.05) is 14.2 Å². The number of sulfone groups is 2. The Morgan fingerprint density at radius 3 is 1.60 bits per heavy atom. The van der Waals surface area contributed by atoms with Gasteiger partial charge in [0.1, 0.15) is 0 Å². The SMILES string of the molecule is COCCS(=O)(=O)c1cccc(S(=O)(=O)CCOC)c1. The molecule has 6 nitrogen and oxygen atoms in total. The van der Waals surface area contributed by atoms with Crippen LogP contribution in [0.3, 0.4) is 0 Å². The van der Waals surface area contributed by atoms with Gasteiger partial charge in [-0.25, -0.2) is 16.8 Å². The molecule has 0 aromatic heterocycles. The fraction of sp³-hybridized carbons (Fsp3) is 0.500. The molecule has 0 fully saturated rings. The van der Waals surface area contributed by atoms with Crippen molar-refractivity contribution in [1.82, 2.24) is 0 Å². The lowest BCUT2D eigenvalue weighted by molar-refractivity contribution is 0.217. The number of ether oxygens (including phenoxy) is 2. The second kappa shape index (κ2) is 7.16. The fourth-order valence-electron chi connectivity index (χ4n) is 1.48. The topological polar surface area (TPSA) is 86.7 Å². The van der Waals surface area contributed by atoms with Crippen molar-refractivity contribution in [3.63, 3.8) is 0 Å². The Balaban J connectivity index is 3.08. The van der Waals surface area contributed by atoms with Crippen molar-refractivity contribution in [2.75, 3.05) is 38.9 Å². The maximum Gasteiger partial charge on any atom is 0.180 e. The minimum Gasteiger partial charge on any atom is -0.384 e. The Labute approximate surface area is 119 Å². The van der Waals surface area contributed by atoms with Gasteiger partial charge in [0.2, 0.25) is 0 Å². The third-order valence-corrected chi connectivity index (χ3v) is 5.99. The molecular weight excluding hydrogens is 304 g/mol. The summed E-state index contributed by atoms with van der Waals surface area (Å²) < 4.78 is 57.4. The summed E-state index contributed by atoms with van der Waals surface area (Å²) in [6.45, 7) is 0.117. The summed E-state index contributed by atoms with van der Waals surface area (Å²) in [6, 6.07) is 5.34. The van der Waals surface area contributed by atoms with Crippen LogP contribution in [0.2, 0.25) is 0 Å². The van der Waals surface area contributed by atoms with Crippen LogP contribution < -0.4 is 0 Å². The molecule has 1 rings (SSSR count). The maximum absolute atomic E-state index is 12.0. The van der Waals surface area contributed by atoms with Gasteiger partial charge in [0.25, 0.3) is 0 Å². The molecule has 0 N–H and O–H groups in total. The molecule has 0 atom stereocenters. The lowest BCUT2D eigenvalue weighted by Crippen LogP contribution is -2.14. The predicted molar refractivity (Wildman–Crippen MR) is 74.3 cm³/mol. The largest absolute Gasteiger partial charge is 0.384 e. The molecule has 0 saturated carbocycles. The molecular formula is C12H18O6S2. The fourth-order valence-corrected chi connectivity index (χ4v) is 3.99. The van der Waals surface area contributed by atoms with Crippen LogP contribution in [0, 0.1) is 0 Å². The van der Waals surface area contributed by atoms with Gasteiger partial charge in [-0.15, -0.1) is 0 Å². The summed E-state index contributed by atoms with van der Waals surface area (Å²) in [5.74, 6) is -0.379. The molecule has 0 amide bonds. The molecule has 0 aliphatic carbocycles. The lowest BCUT2D eigenvalue weighted by Gasteiger charge is -2.07. The molecule has 0 radical (unpaired) electrons. The van der Waals surface area contributed by atoms with Crippen LogP contribution in [0.4, 0.5) is 0 Å². The maximum atomic E-state index is 12.0. The van der Waals surface area contributed by atoms with E-state index in [9.17, 15) is 16.8 Å². The van der Waals surface area contributed by atoms with Crippen molar-refractivity contribution in [2.45, 2.75) is 9.79 Å². The van der Waals surface area contributed by atoms with Crippen molar-refractivity contribution in [1.29, 1.82) is 0 Å². The van der Waals surface area contributed by atoms with Crippen molar-refractivity contribution in [3.05, 3.63) is 24.3 Å². The van der Waals surface area contributed by atoms with Gasteiger partial charge in [-0.05, 0) is 18.2 Å². The Morgan fingerprint density at radius 1 is 0.850 bits per heavy atom. The van der Waals surface area contributed by atoms with Crippen molar-refractivity contribution in [2.24, 2.45) is 0 Å². The van der Waals surface area contributed by atoms with Crippen LogP contribution in [-0.4, -0.2) is 55.8 Å². The number of hydrogen-bond acceptors (Lipinski definition) is 6. The second-order valence-electron chi connectivity index (χ2n) is 4.10. The van der Waals surface area contributed by atoms with Gasteiger partial charge < -0.3 is 9.47 Å². The van der Waals surface area contributed by atoms with Crippen LogP contribution in [0.25, 0.3) is 0 Å². The van der Waals surface area contributed by atoms with E-state index in [1.807, 2.05) is 0 Å². The van der Waals surface area contributed by atoms with E-state index in [2.05, 4.69) is 0 Å². The Morgan fingerprint density at radius 2 is 1.25 bits per heavy atom. The molecule has 0 aliphatic heterocycles. The first-order valence-electron chi connectivity index (χ1n) is 5.87. The first-order chi connectivity index (χ1) is 9.33. The van der Waals surface area contributed by atoms with Crippen LogP contribution in [0.15, 0.2) is 34.1 Å². The van der Waals surface area contributed by atoms with E-state index < -0.39 is 19.7 Å². The summed E-state index contributed by atoms with van der Waals surface area (Å²) in [6.07, 6.45) is 0. The molecule has 0 bridgehead atoms. The highest BCUT2D eigenvalue weighted by molar-refractivity contribution is 7.92. The number of rotatable bonds is 8. The average molecular weight is 322 g/mol. The number of hydrogen-bond donors (Lipinski definition) is 0. The average Bonchev–Trinajstić information content (AvgIpc) is 2.43. The molecule has 114 valence electrons. The number of methoxy groups -OCH3 is 2. The highest BCUT2D eigenvalue weighted by Crippen LogP contribution is 2.18. The zero-order valence-electron chi connectivity index (χ0n) is 11.4. The summed E-state index contributed by atoms with van der Waals surface area (Å²) in [5, 5.41) is 0. The first kappa shape index (κ1) is 17.1. The van der Waals surface area contributed by atoms with Crippen LogP contribution >= 0.6 is 0 Å². The molecule has 0 spiro atoms. The third kappa shape index (κ3) is 4.55. The van der Waals surface area contributed by atoms with Crippen LogP contribution in [-0.2, 0) is 29.1 Å². The van der Waals surface area contributed by atoms with Gasteiger partial charge >= 0.3 is 0 Å². The Bertz CT molecular complexity index is 580. The molecule has 0 heterocycles. The van der Waals surface area contributed by atoms with Gasteiger partial charge in [-0.1, -0.05) is 6.07 Å². The van der Waals surface area contributed by atoms with Gasteiger partial charge in [0.15, 0.2) is 19.7 Å². The standard InChI is InChI=1S/C12H18O6S2/c1-17-6-8-19(13,14)11-4-3-5-12(10-11)20(15,16)9-7-18-2/h3-5,10H,6-9H2,1-2H3. The van der Waals surface area contributed by atoms with E-state index in [1.54, 1.807) is 0 Å². The highest BCUT2D eigenvalue weighted by Gasteiger charge is 2.19. The summed E-state index contributed by atoms with van der Waals surface area (Å²) >= 11 is 0. The van der Waals surface area contributed by atoms with Crippen LogP contribution in [0.1, 0.15) is 0 Å². The molecule has 1 aromatic rings. The molecule has 8 heteroatoms. The van der Waals surface area contributed by atoms with E-state index in [4.69, 9.17) is 9.47 Å². The minimum absolute atomic E-state index is 0.0203. The zero-order chi connectivity index (χ0) is 15.2. The van der Waals surface area contributed by atoms with Gasteiger partial charge in [-0.2, -0.15) is 0 Å². The Kier molecular flexibility index (Phi) is 6.12. The van der Waals surface area contributed by atoms with Crippen LogP contribution in [0.5, 0.6) is 0 Å². The molecule has 0 unspecified atom stereocenters. The van der Waals surface area contributed by atoms with Gasteiger partial charge in [-0.3, -0.25) is 0 Å². The van der Waals surface area contributed by atoms with Crippen molar-refractivity contribution < 1.29 is 26.3 Å². The monoisotopic (exact) mass is 322 g/mol. The normalized spacial score (nSPS) is 12.5.